The Hall–Kier alpha value is -3.73. The van der Waals surface area contributed by atoms with Gasteiger partial charge in [-0.05, 0) is 34.4 Å². The van der Waals surface area contributed by atoms with E-state index in [1.54, 1.807) is 31.4 Å². The maximum atomic E-state index is 14.0. The molecule has 4 aliphatic rings. The maximum Gasteiger partial charge on any atom is 0.239 e. The van der Waals surface area contributed by atoms with Gasteiger partial charge in [-0.25, -0.2) is 4.90 Å². The number of nitrogens with zero attached hydrogens (tertiary/aromatic N) is 1. The fourth-order valence-corrected chi connectivity index (χ4v) is 6.47. The van der Waals surface area contributed by atoms with Crippen LogP contribution in [0.25, 0.3) is 0 Å². The summed E-state index contributed by atoms with van der Waals surface area (Å²) < 4.78 is 5.31. The monoisotopic (exact) mass is 423 g/mol. The third-order valence-corrected chi connectivity index (χ3v) is 7.78. The number of hydrogen-bond acceptors (Lipinski definition) is 4. The molecule has 32 heavy (non-hydrogen) atoms. The van der Waals surface area contributed by atoms with Crippen molar-refractivity contribution in [3.05, 3.63) is 95.1 Å². The van der Waals surface area contributed by atoms with Crippen molar-refractivity contribution >= 4 is 23.8 Å². The second-order valence-electron chi connectivity index (χ2n) is 8.95. The summed E-state index contributed by atoms with van der Waals surface area (Å²) >= 11 is 0. The number of benzene rings is 3. The highest BCUT2D eigenvalue weighted by molar-refractivity contribution is 6.25. The number of hydrogen-bond donors (Lipinski definition) is 0. The standard InChI is InChI=1S/C27H21NO4/c1-26-18-10-3-5-12-20(18)27(15-29,21-13-6-4-11-19(21)26)23-22(26)24(30)28(25(23)31)16-8-7-9-17(14-16)32-2/h3-15,22-23H,1-2H3/t22-,23-,26?,27?/m1/s1. The molecular formula is C27H21NO4. The van der Waals surface area contributed by atoms with E-state index in [4.69, 9.17) is 4.74 Å². The highest BCUT2D eigenvalue weighted by atomic mass is 16.5. The summed E-state index contributed by atoms with van der Waals surface area (Å²) in [4.78, 5) is 42.2. The summed E-state index contributed by atoms with van der Waals surface area (Å²) in [6.45, 7) is 2.04. The summed E-state index contributed by atoms with van der Waals surface area (Å²) in [6, 6.07) is 22.4. The van der Waals surface area contributed by atoms with Gasteiger partial charge in [-0.2, -0.15) is 0 Å². The molecule has 0 aromatic heterocycles. The molecule has 158 valence electrons. The van der Waals surface area contributed by atoms with Gasteiger partial charge in [-0.15, -0.1) is 0 Å². The Labute approximate surface area is 185 Å². The second-order valence-corrected chi connectivity index (χ2v) is 8.95. The van der Waals surface area contributed by atoms with E-state index in [2.05, 4.69) is 0 Å². The van der Waals surface area contributed by atoms with Crippen molar-refractivity contribution in [1.29, 1.82) is 0 Å². The summed E-state index contributed by atoms with van der Waals surface area (Å²) in [5, 5.41) is 0. The van der Waals surface area contributed by atoms with Gasteiger partial charge in [0.25, 0.3) is 0 Å². The molecule has 0 N–H and O–H groups in total. The molecule has 0 saturated carbocycles. The van der Waals surface area contributed by atoms with Crippen molar-refractivity contribution in [3.63, 3.8) is 0 Å². The van der Waals surface area contributed by atoms with Crippen molar-refractivity contribution in [2.45, 2.75) is 17.8 Å². The predicted molar refractivity (Wildman–Crippen MR) is 119 cm³/mol. The smallest absolute Gasteiger partial charge is 0.239 e. The molecule has 7 rings (SSSR count). The number of carbonyl (C=O) groups excluding carboxylic acids is 3. The number of aldehydes is 1. The Balaban J connectivity index is 1.67. The van der Waals surface area contributed by atoms with E-state index in [9.17, 15) is 14.4 Å². The van der Waals surface area contributed by atoms with Crippen LogP contribution in [0.15, 0.2) is 72.8 Å². The number of amides is 2. The molecule has 1 aliphatic heterocycles. The van der Waals surface area contributed by atoms with E-state index >= 15 is 0 Å². The van der Waals surface area contributed by atoms with Gasteiger partial charge in [-0.3, -0.25) is 9.59 Å². The van der Waals surface area contributed by atoms with Crippen LogP contribution in [0.1, 0.15) is 29.2 Å². The molecule has 5 heteroatoms. The molecule has 1 fully saturated rings. The number of ether oxygens (including phenoxy) is 1. The maximum absolute atomic E-state index is 14.0. The van der Waals surface area contributed by atoms with Gasteiger partial charge < -0.3 is 9.53 Å². The van der Waals surface area contributed by atoms with Crippen molar-refractivity contribution < 1.29 is 19.1 Å². The predicted octanol–water partition coefficient (Wildman–Crippen LogP) is 3.62. The molecule has 0 spiro atoms. The number of carbonyl (C=O) groups is 3. The number of imide groups is 1. The molecule has 0 radical (unpaired) electrons. The lowest BCUT2D eigenvalue weighted by molar-refractivity contribution is -0.129. The van der Waals surface area contributed by atoms with Crippen LogP contribution in [0.3, 0.4) is 0 Å². The first kappa shape index (κ1) is 19.0. The summed E-state index contributed by atoms with van der Waals surface area (Å²) in [5.74, 6) is -1.52. The number of anilines is 1. The van der Waals surface area contributed by atoms with E-state index in [1.807, 2.05) is 55.5 Å². The normalized spacial score (nSPS) is 29.4. The molecular weight excluding hydrogens is 402 g/mol. The lowest BCUT2D eigenvalue weighted by Gasteiger charge is -2.56. The Kier molecular flexibility index (Phi) is 3.66. The molecule has 0 unspecified atom stereocenters. The van der Waals surface area contributed by atoms with Crippen molar-refractivity contribution in [2.24, 2.45) is 11.8 Å². The van der Waals surface area contributed by atoms with Crippen molar-refractivity contribution in [2.75, 3.05) is 12.0 Å². The minimum absolute atomic E-state index is 0.272. The largest absolute Gasteiger partial charge is 0.497 e. The second kappa shape index (κ2) is 6.16. The highest BCUT2D eigenvalue weighted by Crippen LogP contribution is 2.66. The average Bonchev–Trinajstić information content (AvgIpc) is 3.11. The molecule has 1 heterocycles. The molecule has 5 nitrogen and oxygen atoms in total. The first-order chi connectivity index (χ1) is 15.5. The lowest BCUT2D eigenvalue weighted by atomic mass is 9.42. The van der Waals surface area contributed by atoms with E-state index in [-0.39, 0.29) is 11.8 Å². The van der Waals surface area contributed by atoms with Crippen LogP contribution in [0.2, 0.25) is 0 Å². The lowest BCUT2D eigenvalue weighted by Crippen LogP contribution is -2.61. The van der Waals surface area contributed by atoms with Gasteiger partial charge in [0.05, 0.1) is 30.0 Å². The molecule has 3 aromatic rings. The fourth-order valence-electron chi connectivity index (χ4n) is 6.47. The van der Waals surface area contributed by atoms with Gasteiger partial charge in [0.1, 0.15) is 12.0 Å². The van der Waals surface area contributed by atoms with Gasteiger partial charge in [-0.1, -0.05) is 61.5 Å². The van der Waals surface area contributed by atoms with Gasteiger partial charge in [0.2, 0.25) is 11.8 Å². The van der Waals surface area contributed by atoms with Crippen LogP contribution < -0.4 is 9.64 Å². The molecule has 2 bridgehead atoms. The number of methoxy groups -OCH3 is 1. The Morgan fingerprint density at radius 3 is 1.94 bits per heavy atom. The fraction of sp³-hybridized carbons (Fsp3) is 0.222. The number of rotatable bonds is 3. The van der Waals surface area contributed by atoms with Crippen molar-refractivity contribution in [1.82, 2.24) is 0 Å². The SMILES string of the molecule is COc1cccc(N2C(=O)[C@H]3[C@H](C2=O)C2(C=O)c4ccccc4C3(C)c3ccccc32)c1. The third-order valence-electron chi connectivity index (χ3n) is 7.78. The van der Waals surface area contributed by atoms with Crippen LogP contribution >= 0.6 is 0 Å². The molecule has 3 aliphatic carbocycles. The van der Waals surface area contributed by atoms with Crippen LogP contribution in [0.4, 0.5) is 5.69 Å². The van der Waals surface area contributed by atoms with Gasteiger partial charge in [0, 0.05) is 11.5 Å². The minimum atomic E-state index is -1.20. The summed E-state index contributed by atoms with van der Waals surface area (Å²) in [5.41, 5.74) is 2.09. The highest BCUT2D eigenvalue weighted by Gasteiger charge is 2.72. The molecule has 3 aromatic carbocycles. The Bertz CT molecular complexity index is 1280. The molecule has 1 saturated heterocycles. The Morgan fingerprint density at radius 1 is 0.812 bits per heavy atom. The van der Waals surface area contributed by atoms with Crippen LogP contribution in [-0.4, -0.2) is 25.2 Å². The molecule has 2 atom stereocenters. The summed E-state index contributed by atoms with van der Waals surface area (Å²) in [6.07, 6.45) is 0.890. The topological polar surface area (TPSA) is 63.7 Å². The van der Waals surface area contributed by atoms with E-state index in [0.29, 0.717) is 11.4 Å². The zero-order chi connectivity index (χ0) is 22.3. The van der Waals surface area contributed by atoms with Gasteiger partial charge >= 0.3 is 0 Å². The molecule has 2 amide bonds. The first-order valence-electron chi connectivity index (χ1n) is 10.7. The minimum Gasteiger partial charge on any atom is -0.497 e. The van der Waals surface area contributed by atoms with Crippen LogP contribution in [0, 0.1) is 11.8 Å². The van der Waals surface area contributed by atoms with Crippen molar-refractivity contribution in [3.8, 4) is 5.75 Å². The zero-order valence-corrected chi connectivity index (χ0v) is 17.7. The van der Waals surface area contributed by atoms with Gasteiger partial charge in [0.15, 0.2) is 0 Å². The zero-order valence-electron chi connectivity index (χ0n) is 17.7. The van der Waals surface area contributed by atoms with E-state index in [1.165, 1.54) is 4.90 Å². The van der Waals surface area contributed by atoms with E-state index < -0.39 is 22.7 Å². The van der Waals surface area contributed by atoms with E-state index in [0.717, 1.165) is 28.5 Å². The average molecular weight is 423 g/mol. The van der Waals surface area contributed by atoms with Crippen LogP contribution in [0.5, 0.6) is 5.75 Å². The third kappa shape index (κ3) is 1.93. The summed E-state index contributed by atoms with van der Waals surface area (Å²) in [7, 11) is 1.54. The van der Waals surface area contributed by atoms with Crippen LogP contribution in [-0.2, 0) is 25.2 Å². The Morgan fingerprint density at radius 2 is 1.38 bits per heavy atom. The quantitative estimate of drug-likeness (QED) is 0.477. The first-order valence-corrected chi connectivity index (χ1v) is 10.7.